The molecule has 2 aliphatic heterocycles. The van der Waals surface area contributed by atoms with Gasteiger partial charge in [-0.05, 0) is 25.0 Å². The molecule has 0 radical (unpaired) electrons. The van der Waals surface area contributed by atoms with Gasteiger partial charge in [0, 0.05) is 56.0 Å². The van der Waals surface area contributed by atoms with Gasteiger partial charge in [0.15, 0.2) is 0 Å². The van der Waals surface area contributed by atoms with Gasteiger partial charge in [-0.1, -0.05) is 35.1 Å². The van der Waals surface area contributed by atoms with E-state index in [4.69, 9.17) is 26.4 Å². The number of hydrogen-bond donors (Lipinski definition) is 0. The molecule has 2 fully saturated rings. The van der Waals surface area contributed by atoms with E-state index in [1.807, 2.05) is 35.0 Å². The first-order valence-corrected chi connectivity index (χ1v) is 10.6. The molecule has 0 atom stereocenters. The fourth-order valence-corrected chi connectivity index (χ4v) is 4.97. The summed E-state index contributed by atoms with van der Waals surface area (Å²) in [7, 11) is 0. The third kappa shape index (κ3) is 3.57. The Balaban J connectivity index is 1.27. The summed E-state index contributed by atoms with van der Waals surface area (Å²) in [6.45, 7) is 6.07. The second kappa shape index (κ2) is 7.39. The third-order valence-corrected chi connectivity index (χ3v) is 6.70. The highest BCUT2D eigenvalue weighted by atomic mass is 35.5. The van der Waals surface area contributed by atoms with Crippen LogP contribution in [-0.2, 0) is 4.74 Å². The first kappa shape index (κ1) is 17.4. The minimum Gasteiger partial charge on any atom is -0.381 e. The number of fused-ring (bicyclic) bond motifs is 1. The van der Waals surface area contributed by atoms with Crippen LogP contribution < -0.4 is 4.90 Å². The number of rotatable bonds is 3. The Labute approximate surface area is 167 Å². The lowest BCUT2D eigenvalue weighted by Crippen LogP contribution is -2.51. The minimum absolute atomic E-state index is 0.691. The highest BCUT2D eigenvalue weighted by molar-refractivity contribution is 7.20. The van der Waals surface area contributed by atoms with E-state index in [2.05, 4.69) is 9.80 Å². The number of benzene rings is 1. The number of imidazole rings is 1. The van der Waals surface area contributed by atoms with Crippen molar-refractivity contribution in [2.24, 2.45) is 0 Å². The highest BCUT2D eigenvalue weighted by Gasteiger charge is 2.26. The third-order valence-electron chi connectivity index (χ3n) is 5.46. The van der Waals surface area contributed by atoms with Crippen LogP contribution >= 0.6 is 22.9 Å². The Kier molecular flexibility index (Phi) is 4.77. The summed E-state index contributed by atoms with van der Waals surface area (Å²) < 4.78 is 7.39. The van der Waals surface area contributed by atoms with Gasteiger partial charge < -0.3 is 9.64 Å². The highest BCUT2D eigenvalue weighted by Crippen LogP contribution is 2.28. The topological polar surface area (TPSA) is 45.9 Å². The van der Waals surface area contributed by atoms with Crippen molar-refractivity contribution in [1.29, 1.82) is 0 Å². The molecule has 0 aliphatic carbocycles. The molecule has 1 aromatic carbocycles. The fourth-order valence-electron chi connectivity index (χ4n) is 3.91. The standard InChI is InChI=1S/C19H22ClN5OS/c20-15-3-1-14(2-4-15)17-13-25-18(21-17)27-19(22-25)24-9-7-23(8-10-24)16-5-11-26-12-6-16/h1-4,13,16H,5-12H2. The van der Waals surface area contributed by atoms with Crippen LogP contribution in [0.2, 0.25) is 5.02 Å². The minimum atomic E-state index is 0.691. The fraction of sp³-hybridized carbons (Fsp3) is 0.474. The summed E-state index contributed by atoms with van der Waals surface area (Å²) in [4.78, 5) is 10.7. The molecule has 2 aliphatic rings. The summed E-state index contributed by atoms with van der Waals surface area (Å²) in [6.07, 6.45) is 4.33. The lowest BCUT2D eigenvalue weighted by Gasteiger charge is -2.40. The van der Waals surface area contributed by atoms with Gasteiger partial charge in [0.25, 0.3) is 0 Å². The maximum atomic E-state index is 5.97. The van der Waals surface area contributed by atoms with Crippen LogP contribution in [-0.4, -0.2) is 64.9 Å². The number of ether oxygens (including phenoxy) is 1. The Morgan fingerprint density at radius 1 is 1.04 bits per heavy atom. The second-order valence-electron chi connectivity index (χ2n) is 7.11. The van der Waals surface area contributed by atoms with Crippen molar-refractivity contribution in [3.8, 4) is 11.3 Å². The SMILES string of the molecule is Clc1ccc(-c2cn3nc(N4CCN(C5CCOCC5)CC4)sc3n2)cc1. The molecule has 3 aromatic rings. The van der Waals surface area contributed by atoms with Crippen LogP contribution in [0.1, 0.15) is 12.8 Å². The molecule has 0 spiro atoms. The molecule has 2 saturated heterocycles. The van der Waals surface area contributed by atoms with Crippen LogP contribution in [0.5, 0.6) is 0 Å². The normalized spacial score (nSPS) is 19.8. The van der Waals surface area contributed by atoms with Crippen LogP contribution in [0.15, 0.2) is 30.5 Å². The summed E-state index contributed by atoms with van der Waals surface area (Å²) in [5.41, 5.74) is 1.99. The molecular formula is C19H22ClN5OS. The van der Waals surface area contributed by atoms with Gasteiger partial charge >= 0.3 is 0 Å². The van der Waals surface area contributed by atoms with Crippen LogP contribution in [0.3, 0.4) is 0 Å². The second-order valence-corrected chi connectivity index (χ2v) is 8.48. The van der Waals surface area contributed by atoms with E-state index in [1.54, 1.807) is 11.3 Å². The molecule has 0 unspecified atom stereocenters. The summed E-state index contributed by atoms with van der Waals surface area (Å²) in [5, 5.41) is 6.57. The number of nitrogens with zero attached hydrogens (tertiary/aromatic N) is 5. The Bertz CT molecular complexity index is 878. The monoisotopic (exact) mass is 403 g/mol. The van der Waals surface area contributed by atoms with Gasteiger partial charge in [0.1, 0.15) is 0 Å². The lowest BCUT2D eigenvalue weighted by atomic mass is 10.1. The van der Waals surface area contributed by atoms with Crippen molar-refractivity contribution in [2.75, 3.05) is 44.3 Å². The van der Waals surface area contributed by atoms with E-state index in [9.17, 15) is 0 Å². The van der Waals surface area contributed by atoms with E-state index in [1.165, 1.54) is 12.8 Å². The molecule has 2 aromatic heterocycles. The molecule has 0 N–H and O–H groups in total. The van der Waals surface area contributed by atoms with Gasteiger partial charge in [0.2, 0.25) is 10.1 Å². The number of halogens is 1. The molecule has 4 heterocycles. The summed E-state index contributed by atoms with van der Waals surface area (Å²) in [5.74, 6) is 0. The van der Waals surface area contributed by atoms with Gasteiger partial charge in [-0.15, -0.1) is 5.10 Å². The maximum absolute atomic E-state index is 5.97. The van der Waals surface area contributed by atoms with Gasteiger partial charge in [-0.2, -0.15) is 0 Å². The smallest absolute Gasteiger partial charge is 0.214 e. The molecule has 5 rings (SSSR count). The molecular weight excluding hydrogens is 382 g/mol. The zero-order valence-corrected chi connectivity index (χ0v) is 16.6. The van der Waals surface area contributed by atoms with E-state index in [0.717, 1.165) is 65.8 Å². The molecule has 27 heavy (non-hydrogen) atoms. The quantitative estimate of drug-likeness (QED) is 0.670. The molecule has 142 valence electrons. The summed E-state index contributed by atoms with van der Waals surface area (Å²) in [6, 6.07) is 8.45. The summed E-state index contributed by atoms with van der Waals surface area (Å²) >= 11 is 7.63. The van der Waals surface area contributed by atoms with E-state index >= 15 is 0 Å². The van der Waals surface area contributed by atoms with Gasteiger partial charge in [-0.3, -0.25) is 4.90 Å². The van der Waals surface area contributed by atoms with E-state index in [0.29, 0.717) is 6.04 Å². The van der Waals surface area contributed by atoms with E-state index in [-0.39, 0.29) is 0 Å². The molecule has 0 amide bonds. The Morgan fingerprint density at radius 2 is 1.78 bits per heavy atom. The van der Waals surface area contributed by atoms with Crippen molar-refractivity contribution < 1.29 is 4.74 Å². The first-order chi connectivity index (χ1) is 13.3. The number of aromatic nitrogens is 3. The zero-order chi connectivity index (χ0) is 18.2. The molecule has 0 bridgehead atoms. The van der Waals surface area contributed by atoms with Crippen LogP contribution in [0, 0.1) is 0 Å². The Morgan fingerprint density at radius 3 is 2.48 bits per heavy atom. The zero-order valence-electron chi connectivity index (χ0n) is 15.1. The molecule has 8 heteroatoms. The Hall–Kier alpha value is -1.67. The van der Waals surface area contributed by atoms with Crippen molar-refractivity contribution in [1.82, 2.24) is 19.5 Å². The number of anilines is 1. The van der Waals surface area contributed by atoms with Crippen LogP contribution in [0.4, 0.5) is 5.13 Å². The predicted molar refractivity (Wildman–Crippen MR) is 109 cm³/mol. The average molecular weight is 404 g/mol. The van der Waals surface area contributed by atoms with Crippen LogP contribution in [0.25, 0.3) is 16.2 Å². The number of hydrogen-bond acceptors (Lipinski definition) is 6. The van der Waals surface area contributed by atoms with Crippen molar-refractivity contribution in [3.63, 3.8) is 0 Å². The maximum Gasteiger partial charge on any atom is 0.214 e. The van der Waals surface area contributed by atoms with Crippen molar-refractivity contribution in [2.45, 2.75) is 18.9 Å². The average Bonchev–Trinajstić information content (AvgIpc) is 3.29. The first-order valence-electron chi connectivity index (χ1n) is 9.45. The number of piperazine rings is 1. The van der Waals surface area contributed by atoms with Gasteiger partial charge in [0.05, 0.1) is 11.9 Å². The predicted octanol–water partition coefficient (Wildman–Crippen LogP) is 3.41. The lowest BCUT2D eigenvalue weighted by molar-refractivity contribution is 0.0321. The molecule has 0 saturated carbocycles. The van der Waals surface area contributed by atoms with Crippen molar-refractivity contribution >= 4 is 33.0 Å². The van der Waals surface area contributed by atoms with E-state index < -0.39 is 0 Å². The largest absolute Gasteiger partial charge is 0.381 e. The van der Waals surface area contributed by atoms with Gasteiger partial charge in [-0.25, -0.2) is 9.50 Å². The van der Waals surface area contributed by atoms with Crippen molar-refractivity contribution in [3.05, 3.63) is 35.5 Å². The molecule has 6 nitrogen and oxygen atoms in total.